The molecule has 1 fully saturated rings. The smallest absolute Gasteiger partial charge is 0.303 e. The van der Waals surface area contributed by atoms with Crippen LogP contribution in [0.25, 0.3) is 0 Å². The van der Waals surface area contributed by atoms with E-state index < -0.39 is 11.7 Å². The Balaban J connectivity index is 2.59. The highest BCUT2D eigenvalue weighted by Crippen LogP contribution is 2.55. The molecule has 29 heavy (non-hydrogen) atoms. The van der Waals surface area contributed by atoms with E-state index >= 15 is 0 Å². The van der Waals surface area contributed by atoms with Crippen LogP contribution in [0.15, 0.2) is 23.8 Å². The fraction of sp³-hybridized carbons (Fsp3) is 0.708. The molecule has 0 saturated heterocycles. The first-order chi connectivity index (χ1) is 13.3. The van der Waals surface area contributed by atoms with Gasteiger partial charge in [-0.15, -0.1) is 0 Å². The van der Waals surface area contributed by atoms with Gasteiger partial charge >= 0.3 is 11.9 Å². The first-order valence-electron chi connectivity index (χ1n) is 10.6. The van der Waals surface area contributed by atoms with Gasteiger partial charge in [0.25, 0.3) is 0 Å². The van der Waals surface area contributed by atoms with Crippen LogP contribution >= 0.6 is 0 Å². The van der Waals surface area contributed by atoms with Crippen molar-refractivity contribution in [2.75, 3.05) is 0 Å². The monoisotopic (exact) mass is 404 g/mol. The number of Topliss-reactive ketones (excluding diaryl/α,β-unsaturated/α-hetero) is 1. The summed E-state index contributed by atoms with van der Waals surface area (Å²) in [6.45, 7) is 12.9. The summed E-state index contributed by atoms with van der Waals surface area (Å²) in [5, 5.41) is 0. The van der Waals surface area contributed by atoms with Crippen LogP contribution < -0.4 is 0 Å². The van der Waals surface area contributed by atoms with E-state index in [1.807, 2.05) is 26.8 Å². The molecule has 0 bridgehead atoms. The molecule has 1 saturated carbocycles. The standard InChI is InChI=1S/C24H36O5/c1-15-8-10-24(7)11-9-20(23(5,6)29-18(4)26)22(24)21(28-17(3)25)14-16(2)13-19(27)12-15/h8,10,14-15,20-22H,9,11-13H2,1-7H3/b10-8+,16-14-/t15-,20+,21?,22+,24-/m0/s1. The van der Waals surface area contributed by atoms with Gasteiger partial charge in [-0.2, -0.15) is 0 Å². The topological polar surface area (TPSA) is 69.7 Å². The second-order valence-corrected chi connectivity index (χ2v) is 9.72. The summed E-state index contributed by atoms with van der Waals surface area (Å²) in [4.78, 5) is 36.1. The van der Waals surface area contributed by atoms with E-state index in [4.69, 9.17) is 9.47 Å². The summed E-state index contributed by atoms with van der Waals surface area (Å²) >= 11 is 0. The zero-order valence-corrected chi connectivity index (χ0v) is 18.9. The molecule has 0 radical (unpaired) electrons. The second kappa shape index (κ2) is 8.85. The third kappa shape index (κ3) is 5.80. The van der Waals surface area contributed by atoms with Crippen molar-refractivity contribution in [3.05, 3.63) is 23.8 Å². The lowest BCUT2D eigenvalue weighted by Crippen LogP contribution is -2.46. The molecule has 1 unspecified atom stereocenters. The van der Waals surface area contributed by atoms with Crippen molar-refractivity contribution in [3.63, 3.8) is 0 Å². The van der Waals surface area contributed by atoms with Crippen molar-refractivity contribution in [2.45, 2.75) is 85.9 Å². The highest BCUT2D eigenvalue weighted by molar-refractivity contribution is 5.81. The van der Waals surface area contributed by atoms with Gasteiger partial charge in [0.1, 0.15) is 17.5 Å². The van der Waals surface area contributed by atoms with Crippen LogP contribution in [0.5, 0.6) is 0 Å². The van der Waals surface area contributed by atoms with Gasteiger partial charge in [-0.25, -0.2) is 0 Å². The Morgan fingerprint density at radius 1 is 1.21 bits per heavy atom. The number of ether oxygens (including phenoxy) is 2. The molecule has 2 aliphatic rings. The molecule has 0 aliphatic heterocycles. The van der Waals surface area contributed by atoms with Crippen molar-refractivity contribution in [2.24, 2.45) is 23.2 Å². The molecule has 5 nitrogen and oxygen atoms in total. The van der Waals surface area contributed by atoms with Gasteiger partial charge < -0.3 is 9.47 Å². The van der Waals surface area contributed by atoms with Gasteiger partial charge in [0.05, 0.1) is 0 Å². The van der Waals surface area contributed by atoms with Crippen LogP contribution in [0.2, 0.25) is 0 Å². The van der Waals surface area contributed by atoms with Crippen molar-refractivity contribution in [3.8, 4) is 0 Å². The molecule has 0 heterocycles. The molecular weight excluding hydrogens is 368 g/mol. The van der Waals surface area contributed by atoms with E-state index in [1.54, 1.807) is 0 Å². The first-order valence-corrected chi connectivity index (χ1v) is 10.6. The lowest BCUT2D eigenvalue weighted by molar-refractivity contribution is -0.166. The van der Waals surface area contributed by atoms with E-state index in [2.05, 4.69) is 26.0 Å². The zero-order valence-electron chi connectivity index (χ0n) is 18.9. The first kappa shape index (κ1) is 23.4. The van der Waals surface area contributed by atoms with Crippen LogP contribution in [0, 0.1) is 23.2 Å². The number of allylic oxidation sites excluding steroid dienone is 3. The van der Waals surface area contributed by atoms with E-state index in [0.717, 1.165) is 18.4 Å². The number of carbonyl (C=O) groups excluding carboxylic acids is 3. The molecule has 0 N–H and O–H groups in total. The summed E-state index contributed by atoms with van der Waals surface area (Å²) in [6.07, 6.45) is 8.40. The van der Waals surface area contributed by atoms with Crippen LogP contribution in [0.1, 0.15) is 74.1 Å². The molecule has 0 aromatic rings. The molecular formula is C24H36O5. The van der Waals surface area contributed by atoms with Crippen LogP contribution in [0.3, 0.4) is 0 Å². The summed E-state index contributed by atoms with van der Waals surface area (Å²) < 4.78 is 11.5. The number of ketones is 1. The van der Waals surface area contributed by atoms with Gasteiger partial charge in [-0.3, -0.25) is 14.4 Å². The Kier molecular flexibility index (Phi) is 7.13. The predicted molar refractivity (Wildman–Crippen MR) is 112 cm³/mol. The van der Waals surface area contributed by atoms with Crippen LogP contribution in [0.4, 0.5) is 0 Å². The third-order valence-corrected chi connectivity index (χ3v) is 6.42. The molecule has 5 atom stereocenters. The Bertz CT molecular complexity index is 717. The molecule has 2 rings (SSSR count). The average molecular weight is 405 g/mol. The lowest BCUT2D eigenvalue weighted by Gasteiger charge is -2.42. The van der Waals surface area contributed by atoms with E-state index in [0.29, 0.717) is 12.8 Å². The number of fused-ring (bicyclic) bond motifs is 1. The van der Waals surface area contributed by atoms with Gasteiger partial charge in [-0.05, 0) is 51.0 Å². The minimum absolute atomic E-state index is 0.0150. The Morgan fingerprint density at radius 2 is 1.86 bits per heavy atom. The third-order valence-electron chi connectivity index (χ3n) is 6.42. The number of hydrogen-bond acceptors (Lipinski definition) is 5. The average Bonchev–Trinajstić information content (AvgIpc) is 2.88. The Labute approximate surface area is 174 Å². The molecule has 162 valence electrons. The van der Waals surface area contributed by atoms with Crippen molar-refractivity contribution in [1.29, 1.82) is 0 Å². The molecule has 0 aromatic heterocycles. The lowest BCUT2D eigenvalue weighted by atomic mass is 9.69. The number of hydrogen-bond donors (Lipinski definition) is 0. The van der Waals surface area contributed by atoms with Gasteiger partial charge in [0.15, 0.2) is 0 Å². The van der Waals surface area contributed by atoms with Gasteiger partial charge in [0.2, 0.25) is 0 Å². The molecule has 0 spiro atoms. The quantitative estimate of drug-likeness (QED) is 0.499. The van der Waals surface area contributed by atoms with Crippen molar-refractivity contribution >= 4 is 17.7 Å². The van der Waals surface area contributed by atoms with E-state index in [9.17, 15) is 14.4 Å². The Morgan fingerprint density at radius 3 is 2.45 bits per heavy atom. The minimum Gasteiger partial charge on any atom is -0.460 e. The number of carbonyl (C=O) groups is 3. The van der Waals surface area contributed by atoms with Crippen molar-refractivity contribution in [1.82, 2.24) is 0 Å². The number of rotatable bonds is 3. The Hall–Kier alpha value is -1.91. The zero-order chi connectivity index (χ0) is 22.0. The van der Waals surface area contributed by atoms with E-state index in [1.165, 1.54) is 13.8 Å². The summed E-state index contributed by atoms with van der Waals surface area (Å²) in [6, 6.07) is 0. The van der Waals surface area contributed by atoms with Gasteiger partial charge in [-0.1, -0.05) is 31.6 Å². The molecule has 2 aliphatic carbocycles. The van der Waals surface area contributed by atoms with Gasteiger partial charge in [0, 0.05) is 38.5 Å². The largest absolute Gasteiger partial charge is 0.460 e. The predicted octanol–water partition coefficient (Wildman–Crippen LogP) is 4.79. The molecule has 0 amide bonds. The summed E-state index contributed by atoms with van der Waals surface area (Å²) in [5.74, 6) is -0.375. The maximum absolute atomic E-state index is 12.4. The fourth-order valence-electron chi connectivity index (χ4n) is 5.23. The molecule has 5 heteroatoms. The number of esters is 2. The summed E-state index contributed by atoms with van der Waals surface area (Å²) in [7, 11) is 0. The normalized spacial score (nSPS) is 36.2. The fourth-order valence-corrected chi connectivity index (χ4v) is 5.23. The minimum atomic E-state index is -0.691. The highest BCUT2D eigenvalue weighted by atomic mass is 16.6. The maximum Gasteiger partial charge on any atom is 0.303 e. The molecule has 0 aromatic carbocycles. The highest BCUT2D eigenvalue weighted by Gasteiger charge is 2.54. The SMILES string of the molecule is CC(=O)OC1/C=C(/C)CC(=O)C[C@@H](C)/C=C/[C@@]2(C)CC[C@@H](C(C)(C)OC(C)=O)[C@H]12. The van der Waals surface area contributed by atoms with Crippen LogP contribution in [-0.2, 0) is 23.9 Å². The second-order valence-electron chi connectivity index (χ2n) is 9.72. The van der Waals surface area contributed by atoms with Crippen LogP contribution in [-0.4, -0.2) is 29.4 Å². The summed E-state index contributed by atoms with van der Waals surface area (Å²) in [5.41, 5.74) is -0.0153. The van der Waals surface area contributed by atoms with E-state index in [-0.39, 0.29) is 40.9 Å². The van der Waals surface area contributed by atoms with Crippen molar-refractivity contribution < 1.29 is 23.9 Å². The maximum atomic E-state index is 12.4.